The average Bonchev–Trinajstić information content (AvgIpc) is 2.59. The van der Waals surface area contributed by atoms with Crippen LogP contribution in [-0.4, -0.2) is 52.5 Å². The molecule has 1 amide bonds. The molecule has 1 saturated heterocycles. The molecule has 2 aliphatic rings. The number of hydrogen-bond donors (Lipinski definition) is 2. The van der Waals surface area contributed by atoms with E-state index in [1.807, 2.05) is 13.8 Å². The number of amides is 1. The number of β-lactam (4-membered cyclic amide) rings is 1. The number of thioether (sulfide) groups is 1. The number of aryl methyl sites for hydroxylation is 1. The minimum absolute atomic E-state index is 0.0666. The third-order valence-corrected chi connectivity index (χ3v) is 6.42. The van der Waals surface area contributed by atoms with Gasteiger partial charge in [-0.2, -0.15) is 8.42 Å². The number of nitrogens with zero attached hydrogens (tertiary/aromatic N) is 1. The maximum Gasteiger partial charge on any atom is 0.355 e. The lowest BCUT2D eigenvalue weighted by Gasteiger charge is -2.48. The predicted molar refractivity (Wildman–Crippen MR) is 111 cm³/mol. The van der Waals surface area contributed by atoms with Gasteiger partial charge in [-0.15, -0.1) is 11.8 Å². The molecule has 160 valence electrons. The standard InChI is InChI=1S/C12H18N2O3S.C7H8O3S/c1-6-5-18-10-7(13)9(15)14(10)8(6)11(16)17-12(2,3)4;1-6-2-4-7(5-3-6)11(8,9)10/h7,10H,5,13H2,1-4H3;2-5H,1H3,(H,8,9,10)/t7?,10-;/m1./s1. The van der Waals surface area contributed by atoms with Crippen molar-refractivity contribution in [3.8, 4) is 0 Å². The summed E-state index contributed by atoms with van der Waals surface area (Å²) in [6.07, 6.45) is 0. The van der Waals surface area contributed by atoms with Crippen LogP contribution in [0.15, 0.2) is 40.4 Å². The van der Waals surface area contributed by atoms with Crippen LogP contribution in [0, 0.1) is 6.92 Å². The Labute approximate surface area is 175 Å². The lowest BCUT2D eigenvalue weighted by Crippen LogP contribution is -2.68. The van der Waals surface area contributed by atoms with Gasteiger partial charge in [-0.05, 0) is 52.3 Å². The molecule has 2 aliphatic heterocycles. The van der Waals surface area contributed by atoms with Gasteiger partial charge in [0.1, 0.15) is 22.7 Å². The van der Waals surface area contributed by atoms with E-state index in [1.165, 1.54) is 17.0 Å². The van der Waals surface area contributed by atoms with Gasteiger partial charge in [0.15, 0.2) is 0 Å². The summed E-state index contributed by atoms with van der Waals surface area (Å²) in [4.78, 5) is 25.3. The molecule has 1 aromatic carbocycles. The van der Waals surface area contributed by atoms with Crippen molar-refractivity contribution in [1.29, 1.82) is 0 Å². The van der Waals surface area contributed by atoms with Crippen LogP contribution < -0.4 is 5.73 Å². The molecule has 1 aromatic rings. The molecule has 0 aliphatic carbocycles. The number of esters is 1. The summed E-state index contributed by atoms with van der Waals surface area (Å²) in [6, 6.07) is 5.49. The first kappa shape index (κ1) is 23.4. The summed E-state index contributed by atoms with van der Waals surface area (Å²) in [5, 5.41) is -0.122. The van der Waals surface area contributed by atoms with Crippen LogP contribution in [0.5, 0.6) is 0 Å². The van der Waals surface area contributed by atoms with Gasteiger partial charge >= 0.3 is 5.97 Å². The molecule has 0 aromatic heterocycles. The van der Waals surface area contributed by atoms with Crippen LogP contribution in [0.4, 0.5) is 0 Å². The van der Waals surface area contributed by atoms with E-state index in [9.17, 15) is 18.0 Å². The maximum atomic E-state index is 12.1. The first-order valence-electron chi connectivity index (χ1n) is 8.90. The van der Waals surface area contributed by atoms with E-state index in [1.54, 1.807) is 44.7 Å². The number of hydrogen-bond acceptors (Lipinski definition) is 7. The molecule has 8 nitrogen and oxygen atoms in total. The van der Waals surface area contributed by atoms with Crippen molar-refractivity contribution in [2.45, 2.75) is 56.5 Å². The minimum Gasteiger partial charge on any atom is -0.455 e. The molecule has 2 heterocycles. The Hall–Kier alpha value is -1.88. The van der Waals surface area contributed by atoms with E-state index < -0.39 is 27.7 Å². The Morgan fingerprint density at radius 2 is 1.79 bits per heavy atom. The second-order valence-electron chi connectivity index (χ2n) is 7.85. The number of ether oxygens (including phenoxy) is 1. The van der Waals surface area contributed by atoms with Crippen LogP contribution in [-0.2, 0) is 24.4 Å². The molecule has 1 unspecified atom stereocenters. The molecule has 3 N–H and O–H groups in total. The van der Waals surface area contributed by atoms with Gasteiger partial charge in [0.25, 0.3) is 10.1 Å². The normalized spacial score (nSPS) is 21.6. The van der Waals surface area contributed by atoms with Gasteiger partial charge < -0.3 is 10.5 Å². The number of nitrogens with two attached hydrogens (primary N) is 1. The largest absolute Gasteiger partial charge is 0.455 e. The summed E-state index contributed by atoms with van der Waals surface area (Å²) in [7, 11) is -4.02. The number of rotatable bonds is 2. The molecule has 2 atom stereocenters. The molecular formula is C19H26N2O6S2. The SMILES string of the molecule is CC1=C(C(=O)OC(C)(C)C)N2C(=O)C(N)[C@H]2SC1.Cc1ccc(S(=O)(=O)O)cc1. The number of fused-ring (bicyclic) bond motifs is 1. The highest BCUT2D eigenvalue weighted by Crippen LogP contribution is 2.39. The minimum atomic E-state index is -4.02. The summed E-state index contributed by atoms with van der Waals surface area (Å²) in [5.74, 6) is 0.0643. The highest BCUT2D eigenvalue weighted by atomic mass is 32.2. The van der Waals surface area contributed by atoms with Crippen molar-refractivity contribution in [1.82, 2.24) is 4.90 Å². The maximum absolute atomic E-state index is 12.1. The highest BCUT2D eigenvalue weighted by Gasteiger charge is 2.51. The monoisotopic (exact) mass is 442 g/mol. The smallest absolute Gasteiger partial charge is 0.355 e. The van der Waals surface area contributed by atoms with Crippen molar-refractivity contribution in [3.63, 3.8) is 0 Å². The molecule has 1 fully saturated rings. The highest BCUT2D eigenvalue weighted by molar-refractivity contribution is 8.00. The lowest BCUT2D eigenvalue weighted by molar-refractivity contribution is -0.158. The molecule has 0 bridgehead atoms. The molecule has 0 radical (unpaired) electrons. The van der Waals surface area contributed by atoms with Crippen molar-refractivity contribution in [2.24, 2.45) is 5.73 Å². The third kappa shape index (κ3) is 5.59. The molecular weight excluding hydrogens is 416 g/mol. The summed E-state index contributed by atoms with van der Waals surface area (Å²) in [5.41, 5.74) is 7.35. The molecule has 10 heteroatoms. The molecule has 29 heavy (non-hydrogen) atoms. The zero-order valence-electron chi connectivity index (χ0n) is 17.0. The fourth-order valence-electron chi connectivity index (χ4n) is 2.70. The van der Waals surface area contributed by atoms with Gasteiger partial charge in [0.05, 0.1) is 4.90 Å². The topological polar surface area (TPSA) is 127 Å². The van der Waals surface area contributed by atoms with E-state index in [4.69, 9.17) is 15.0 Å². The van der Waals surface area contributed by atoms with E-state index in [0.717, 1.165) is 11.1 Å². The van der Waals surface area contributed by atoms with Gasteiger partial charge in [-0.1, -0.05) is 17.7 Å². The Kier molecular flexibility index (Phi) is 6.83. The number of carbonyl (C=O) groups is 2. The van der Waals surface area contributed by atoms with Crippen molar-refractivity contribution < 1.29 is 27.3 Å². The first-order chi connectivity index (χ1) is 13.2. The quantitative estimate of drug-likeness (QED) is 0.405. The number of benzene rings is 1. The van der Waals surface area contributed by atoms with Crippen LogP contribution in [0.1, 0.15) is 33.3 Å². The second-order valence-corrected chi connectivity index (χ2v) is 10.4. The fourth-order valence-corrected chi connectivity index (χ4v) is 4.42. The molecule has 3 rings (SSSR count). The zero-order valence-corrected chi connectivity index (χ0v) is 18.6. The van der Waals surface area contributed by atoms with Gasteiger partial charge in [0, 0.05) is 5.75 Å². The predicted octanol–water partition coefficient (Wildman–Crippen LogP) is 2.09. The molecule has 0 saturated carbocycles. The summed E-state index contributed by atoms with van der Waals surface area (Å²) in [6.45, 7) is 9.10. The Bertz CT molecular complexity index is 932. The van der Waals surface area contributed by atoms with Crippen LogP contribution >= 0.6 is 11.8 Å². The van der Waals surface area contributed by atoms with E-state index in [-0.39, 0.29) is 16.2 Å². The van der Waals surface area contributed by atoms with Crippen LogP contribution in [0.2, 0.25) is 0 Å². The van der Waals surface area contributed by atoms with Crippen molar-refractivity contribution in [3.05, 3.63) is 41.1 Å². The van der Waals surface area contributed by atoms with Crippen LogP contribution in [0.25, 0.3) is 0 Å². The van der Waals surface area contributed by atoms with Crippen molar-refractivity contribution in [2.75, 3.05) is 5.75 Å². The summed E-state index contributed by atoms with van der Waals surface area (Å²) >= 11 is 1.59. The Balaban J connectivity index is 0.000000234. The van der Waals surface area contributed by atoms with Gasteiger partial charge in [-0.25, -0.2) is 4.79 Å². The second kappa shape index (κ2) is 8.47. The summed E-state index contributed by atoms with van der Waals surface area (Å²) < 4.78 is 34.9. The van der Waals surface area contributed by atoms with Gasteiger partial charge in [0.2, 0.25) is 5.91 Å². The average molecular weight is 443 g/mol. The third-order valence-electron chi connectivity index (χ3n) is 4.11. The van der Waals surface area contributed by atoms with Crippen LogP contribution in [0.3, 0.4) is 0 Å². The number of carbonyl (C=O) groups excluding carboxylic acids is 2. The van der Waals surface area contributed by atoms with Crippen molar-refractivity contribution >= 4 is 33.8 Å². The first-order valence-corrected chi connectivity index (χ1v) is 11.4. The lowest BCUT2D eigenvalue weighted by atomic mass is 10.0. The van der Waals surface area contributed by atoms with E-state index in [0.29, 0.717) is 11.4 Å². The fraction of sp³-hybridized carbons (Fsp3) is 0.474. The molecule has 0 spiro atoms. The Morgan fingerprint density at radius 3 is 2.28 bits per heavy atom. The Morgan fingerprint density at radius 1 is 1.24 bits per heavy atom. The van der Waals surface area contributed by atoms with Gasteiger partial charge in [-0.3, -0.25) is 14.2 Å². The van der Waals surface area contributed by atoms with E-state index >= 15 is 0 Å². The zero-order chi connectivity index (χ0) is 22.1. The van der Waals surface area contributed by atoms with E-state index in [2.05, 4.69) is 0 Å².